The van der Waals surface area contributed by atoms with Crippen molar-refractivity contribution in [1.82, 2.24) is 54.6 Å². The highest BCUT2D eigenvalue weighted by atomic mass is 19.2. The molecule has 11 N–H and O–H groups in total. The molecule has 10 aromatic rings. The first kappa shape index (κ1) is 63.7. The minimum atomic E-state index is -1.31. The molecule has 3 fully saturated rings. The summed E-state index contributed by atoms with van der Waals surface area (Å²) in [6, 6.07) is 10.2. The first-order valence-electron chi connectivity index (χ1n) is 31.7. The molecule has 95 heavy (non-hydrogen) atoms. The van der Waals surface area contributed by atoms with Crippen LogP contribution in [0.25, 0.3) is 44.4 Å². The van der Waals surface area contributed by atoms with Gasteiger partial charge < -0.3 is 84.7 Å². The average Bonchev–Trinajstić information content (AvgIpc) is 1.67. The van der Waals surface area contributed by atoms with Gasteiger partial charge >= 0.3 is 0 Å². The third-order valence-corrected chi connectivity index (χ3v) is 19.5. The zero-order valence-corrected chi connectivity index (χ0v) is 51.9. The van der Waals surface area contributed by atoms with Crippen molar-refractivity contribution in [3.8, 4) is 28.6 Å². The van der Waals surface area contributed by atoms with Crippen LogP contribution in [0.2, 0.25) is 0 Å². The molecule has 0 bridgehead atoms. The molecule has 498 valence electrons. The second-order valence-electron chi connectivity index (χ2n) is 25.3. The van der Waals surface area contributed by atoms with E-state index in [2.05, 4.69) is 46.9 Å². The van der Waals surface area contributed by atoms with Crippen molar-refractivity contribution in [2.75, 3.05) is 25.4 Å². The van der Waals surface area contributed by atoms with E-state index in [9.17, 15) is 52.6 Å². The van der Waals surface area contributed by atoms with E-state index < -0.39 is 96.1 Å². The highest BCUT2D eigenvalue weighted by molar-refractivity contribution is 5.91. The number of pyridine rings is 2. The van der Waals surface area contributed by atoms with Gasteiger partial charge in [-0.15, -0.1) is 0 Å². The van der Waals surface area contributed by atoms with E-state index in [1.165, 1.54) is 28.9 Å². The molecule has 7 aromatic heterocycles. The van der Waals surface area contributed by atoms with Crippen LogP contribution in [0.4, 0.5) is 27.6 Å². The lowest BCUT2D eigenvalue weighted by Crippen LogP contribution is -2.35. The molecular formula is C68H71F5N12O10. The van der Waals surface area contributed by atoms with Crippen molar-refractivity contribution < 1.29 is 71.2 Å². The summed E-state index contributed by atoms with van der Waals surface area (Å²) >= 11 is 0. The number of aryl methyl sites for hydroxylation is 3. The molecule has 10 heterocycles. The maximum atomic E-state index is 14.4. The summed E-state index contributed by atoms with van der Waals surface area (Å²) in [5.41, 5.74) is 15.2. The second-order valence-corrected chi connectivity index (χ2v) is 25.3. The van der Waals surface area contributed by atoms with Crippen molar-refractivity contribution in [3.05, 3.63) is 172 Å². The van der Waals surface area contributed by atoms with Crippen LogP contribution in [0.5, 0.6) is 17.2 Å². The fourth-order valence-corrected chi connectivity index (χ4v) is 14.5. The average molecular weight is 1310 g/mol. The van der Waals surface area contributed by atoms with Gasteiger partial charge in [-0.1, -0.05) is 0 Å². The van der Waals surface area contributed by atoms with Crippen LogP contribution in [0.1, 0.15) is 87.7 Å². The molecule has 3 aromatic carbocycles. The van der Waals surface area contributed by atoms with Gasteiger partial charge in [-0.05, 0) is 107 Å². The van der Waals surface area contributed by atoms with Crippen LogP contribution in [0.3, 0.4) is 0 Å². The normalized spacial score (nSPS) is 25.4. The first-order chi connectivity index (χ1) is 45.8. The lowest BCUT2D eigenvalue weighted by Gasteiger charge is -2.25. The fraction of sp³-hybridized carbons (Fsp3) is 0.397. The van der Waals surface area contributed by atoms with Gasteiger partial charge in [0, 0.05) is 138 Å². The molecule has 22 nitrogen and oxygen atoms in total. The van der Waals surface area contributed by atoms with Crippen LogP contribution >= 0.6 is 0 Å². The Balaban J connectivity index is 0.000000123. The third-order valence-electron chi connectivity index (χ3n) is 19.5. The van der Waals surface area contributed by atoms with Gasteiger partial charge in [0.15, 0.2) is 41.2 Å². The Bertz CT molecular complexity index is 4430. The molecule has 16 rings (SSSR count). The minimum absolute atomic E-state index is 0.121. The van der Waals surface area contributed by atoms with Gasteiger partial charge in [0.25, 0.3) is 0 Å². The van der Waals surface area contributed by atoms with Gasteiger partial charge in [0.1, 0.15) is 95.0 Å². The van der Waals surface area contributed by atoms with E-state index in [0.29, 0.717) is 103 Å². The predicted molar refractivity (Wildman–Crippen MR) is 337 cm³/mol. The maximum absolute atomic E-state index is 14.4. The number of nitrogen functional groups attached to an aromatic ring is 1. The quantitative estimate of drug-likeness (QED) is 0.0642. The highest BCUT2D eigenvalue weighted by Gasteiger charge is 2.48. The molecule has 0 spiro atoms. The fourth-order valence-electron chi connectivity index (χ4n) is 14.5. The summed E-state index contributed by atoms with van der Waals surface area (Å²) in [7, 11) is 0. The number of hydrogen-bond donors (Lipinski definition) is 10. The van der Waals surface area contributed by atoms with E-state index in [1.54, 1.807) is 36.1 Å². The molecule has 0 unspecified atom stereocenters. The summed E-state index contributed by atoms with van der Waals surface area (Å²) in [5.74, 6) is -2.16. The SMILES string of the molecule is Cc1ccnc2c1ccn2[C@@H]1C[C@H](Oc2cc(-c3cnco3)cc3c2CNCC3)[C@@H](O)[C@H]1O.Cc1cn([C@@H]2C[C@H](Oc3cc(F)c(F)c4c3CNCC4)[C@@H](O)[C@H]2O)c2nccc(N)c12.Cc1ncc2c(F)cn([C@@H]3C[C@H](Oc4cc(F)c(F)c5c4CNCC5)[C@@H](O)[C@H]3O)c2n1. The summed E-state index contributed by atoms with van der Waals surface area (Å²) in [5, 5.41) is 76.3. The van der Waals surface area contributed by atoms with E-state index in [0.717, 1.165) is 63.8 Å². The molecule has 3 saturated carbocycles. The van der Waals surface area contributed by atoms with Crippen LogP contribution in [0, 0.1) is 49.9 Å². The minimum Gasteiger partial charge on any atom is -0.487 e. The van der Waals surface area contributed by atoms with Crippen LogP contribution in [-0.4, -0.2) is 144 Å². The Hall–Kier alpha value is -8.64. The van der Waals surface area contributed by atoms with Gasteiger partial charge in [-0.2, -0.15) is 0 Å². The van der Waals surface area contributed by atoms with Crippen molar-refractivity contribution >= 4 is 38.8 Å². The largest absolute Gasteiger partial charge is 0.487 e. The lowest BCUT2D eigenvalue weighted by atomic mass is 9.96. The third kappa shape index (κ3) is 11.7. The molecule has 6 aliphatic rings. The molecule has 0 amide bonds. The molecular weight excluding hydrogens is 1240 g/mol. The van der Waals surface area contributed by atoms with E-state index in [1.807, 2.05) is 49.0 Å². The molecule has 3 aliphatic carbocycles. The number of rotatable bonds is 10. The molecule has 0 radical (unpaired) electrons. The van der Waals surface area contributed by atoms with Crippen LogP contribution in [0.15, 0.2) is 96.7 Å². The van der Waals surface area contributed by atoms with E-state index in [-0.39, 0.29) is 41.3 Å². The highest BCUT2D eigenvalue weighted by Crippen LogP contribution is 2.43. The maximum Gasteiger partial charge on any atom is 0.181 e. The predicted octanol–water partition coefficient (Wildman–Crippen LogP) is 6.64. The number of anilines is 1. The van der Waals surface area contributed by atoms with Gasteiger partial charge in [0.05, 0.1) is 29.7 Å². The Morgan fingerprint density at radius 2 is 1.07 bits per heavy atom. The van der Waals surface area contributed by atoms with Gasteiger partial charge in [0.2, 0.25) is 0 Å². The number of fused-ring (bicyclic) bond motifs is 6. The molecule has 3 aliphatic heterocycles. The number of benzene rings is 3. The molecule has 27 heteroatoms. The number of aromatic nitrogens is 8. The lowest BCUT2D eigenvalue weighted by molar-refractivity contribution is -0.0167. The number of aliphatic hydroxyl groups is 6. The Morgan fingerprint density at radius 3 is 1.66 bits per heavy atom. The number of nitrogens with zero attached hydrogens (tertiary/aromatic N) is 8. The Morgan fingerprint density at radius 1 is 0.537 bits per heavy atom. The van der Waals surface area contributed by atoms with Gasteiger partial charge in [-0.25, -0.2) is 46.9 Å². The van der Waals surface area contributed by atoms with Crippen LogP contribution in [-0.2, 0) is 38.9 Å². The zero-order chi connectivity index (χ0) is 66.2. The topological polar surface area (TPSA) is 304 Å². The van der Waals surface area contributed by atoms with Crippen molar-refractivity contribution in [2.24, 2.45) is 0 Å². The number of hydrogen-bond acceptors (Lipinski definition) is 19. The number of ether oxygens (including phenoxy) is 3. The number of aliphatic hydroxyl groups excluding tert-OH is 6. The standard InChI is InChI=1S/C25H26N4O4.C22H24F2N4O3.C21H21F3N4O3/c1-14-2-6-28-25-17(14)4-7-29(25)19-10-21(24(31)23(19)30)33-20-9-16(22-12-27-13-32-22)8-15-3-5-26-11-18(15)20;1-10-9-28(22-18(10)14(25)3-5-27-22)15-7-17(21(30)20(15)29)31-16-6-13(23)19(24)11-2-4-26-8-12(11)16;1-9-26-7-12-14(23)8-28(21(12)27-9)15-5-17(20(30)19(15)29)31-16-4-13(22)18(24)10-2-3-25-6-11(10)16/h2,4,6-9,12-13,19,21,23-24,26,30-31H,3,5,10-11H2,1H3;3,5-6,9,15,17,20-21,26,29-30H,2,4,7-8H2,1H3,(H2,25,27);4,7-8,15,17,19-20,25,29-30H,2-3,5-6H2,1H3/t19-,21+,23+,24-;15-,17+,20+,21-;15-,17+,19+,20-/m111/s1. The first-order valence-corrected chi connectivity index (χ1v) is 31.7. The summed E-state index contributed by atoms with van der Waals surface area (Å²) < 4.78 is 100. The summed E-state index contributed by atoms with van der Waals surface area (Å²) in [6.07, 6.45) is 6.11. The van der Waals surface area contributed by atoms with Crippen molar-refractivity contribution in [3.63, 3.8) is 0 Å². The molecule has 12 atom stereocenters. The number of oxazole rings is 1. The zero-order valence-electron chi connectivity index (χ0n) is 51.9. The number of nitrogens with two attached hydrogens (primary N) is 1. The molecule has 0 saturated heterocycles. The Kier molecular flexibility index (Phi) is 17.3. The smallest absolute Gasteiger partial charge is 0.181 e. The van der Waals surface area contributed by atoms with Gasteiger partial charge in [-0.3, -0.25) is 0 Å². The van der Waals surface area contributed by atoms with E-state index >= 15 is 0 Å². The Labute approximate surface area is 540 Å². The second kappa shape index (κ2) is 25.8. The van der Waals surface area contributed by atoms with Crippen LogP contribution < -0.4 is 35.9 Å². The van der Waals surface area contributed by atoms with Crippen molar-refractivity contribution in [1.29, 1.82) is 0 Å². The van der Waals surface area contributed by atoms with Crippen molar-refractivity contribution in [2.45, 2.75) is 152 Å². The summed E-state index contributed by atoms with van der Waals surface area (Å²) in [4.78, 5) is 21.2. The summed E-state index contributed by atoms with van der Waals surface area (Å²) in [6.45, 7) is 8.93. The number of nitrogens with one attached hydrogen (secondary N) is 3. The number of halogens is 5. The monoisotopic (exact) mass is 1310 g/mol. The van der Waals surface area contributed by atoms with E-state index in [4.69, 9.17) is 24.4 Å².